The summed E-state index contributed by atoms with van der Waals surface area (Å²) in [7, 11) is 0. The van der Waals surface area contributed by atoms with Gasteiger partial charge in [-0.05, 0) is 37.0 Å². The maximum absolute atomic E-state index is 11.7. The number of nitrogens with zero attached hydrogens (tertiary/aromatic N) is 4. The standard InChI is InChI=1S/C21H30N6O.HI/c1-2-22-21(23-11-4-14-27-15-5-12-25-27)24-16-18-7-9-19(10-8-18)17-26-13-3-6-20(26)28;/h5,7-10,12,15H,2-4,6,11,13-14,16-17H2,1H3,(H2,22,23,24);1H. The van der Waals surface area contributed by atoms with Crippen LogP contribution in [0, 0.1) is 0 Å². The zero-order valence-corrected chi connectivity index (χ0v) is 19.3. The highest BCUT2D eigenvalue weighted by molar-refractivity contribution is 14.0. The molecule has 0 unspecified atom stereocenters. The summed E-state index contributed by atoms with van der Waals surface area (Å²) in [6, 6.07) is 10.3. The van der Waals surface area contributed by atoms with E-state index in [0.29, 0.717) is 19.5 Å². The second kappa shape index (κ2) is 12.5. The molecule has 7 nitrogen and oxygen atoms in total. The van der Waals surface area contributed by atoms with Gasteiger partial charge in [0.05, 0.1) is 6.54 Å². The van der Waals surface area contributed by atoms with Crippen molar-refractivity contribution < 1.29 is 4.79 Å². The van der Waals surface area contributed by atoms with E-state index in [-0.39, 0.29) is 29.9 Å². The summed E-state index contributed by atoms with van der Waals surface area (Å²) in [5, 5.41) is 10.9. The number of halogens is 1. The Balaban J connectivity index is 0.00000300. The molecule has 1 aliphatic rings. The fourth-order valence-electron chi connectivity index (χ4n) is 3.23. The smallest absolute Gasteiger partial charge is 0.222 e. The van der Waals surface area contributed by atoms with E-state index in [9.17, 15) is 4.79 Å². The molecule has 1 amide bonds. The Morgan fingerprint density at radius 3 is 2.66 bits per heavy atom. The van der Waals surface area contributed by atoms with Crippen molar-refractivity contribution in [2.24, 2.45) is 4.99 Å². The number of carbonyl (C=O) groups excluding carboxylic acids is 1. The number of aliphatic imine (C=N–C) groups is 1. The first-order chi connectivity index (χ1) is 13.7. The molecular weight excluding hydrogens is 479 g/mol. The largest absolute Gasteiger partial charge is 0.357 e. The van der Waals surface area contributed by atoms with Crippen LogP contribution in [0.1, 0.15) is 37.3 Å². The number of benzene rings is 1. The van der Waals surface area contributed by atoms with Crippen LogP contribution in [0.2, 0.25) is 0 Å². The zero-order chi connectivity index (χ0) is 19.6. The highest BCUT2D eigenvalue weighted by atomic mass is 127. The van der Waals surface area contributed by atoms with Crippen LogP contribution in [-0.2, 0) is 24.4 Å². The molecule has 1 fully saturated rings. The molecule has 1 aromatic carbocycles. The molecule has 3 rings (SSSR count). The number of hydrogen-bond acceptors (Lipinski definition) is 3. The van der Waals surface area contributed by atoms with Gasteiger partial charge < -0.3 is 15.5 Å². The van der Waals surface area contributed by atoms with E-state index in [4.69, 9.17) is 0 Å². The zero-order valence-electron chi connectivity index (χ0n) is 17.0. The van der Waals surface area contributed by atoms with Gasteiger partial charge in [-0.1, -0.05) is 24.3 Å². The fraction of sp³-hybridized carbons (Fsp3) is 0.476. The first-order valence-electron chi connectivity index (χ1n) is 10.1. The van der Waals surface area contributed by atoms with E-state index in [0.717, 1.165) is 50.5 Å². The van der Waals surface area contributed by atoms with E-state index in [2.05, 4.69) is 51.9 Å². The average Bonchev–Trinajstić information content (AvgIpc) is 3.36. The van der Waals surface area contributed by atoms with Crippen LogP contribution < -0.4 is 10.6 Å². The number of carbonyl (C=O) groups is 1. The molecule has 0 saturated carbocycles. The summed E-state index contributed by atoms with van der Waals surface area (Å²) in [6.07, 6.45) is 6.43. The third kappa shape index (κ3) is 7.68. The molecule has 158 valence electrons. The number of amides is 1. The Bertz CT molecular complexity index is 760. The van der Waals surface area contributed by atoms with Crippen molar-refractivity contribution in [1.29, 1.82) is 0 Å². The van der Waals surface area contributed by atoms with Gasteiger partial charge in [0, 0.05) is 51.5 Å². The predicted molar refractivity (Wildman–Crippen MR) is 126 cm³/mol. The van der Waals surface area contributed by atoms with Crippen LogP contribution in [0.4, 0.5) is 0 Å². The summed E-state index contributed by atoms with van der Waals surface area (Å²) in [4.78, 5) is 18.4. The fourth-order valence-corrected chi connectivity index (χ4v) is 3.23. The van der Waals surface area contributed by atoms with Gasteiger partial charge >= 0.3 is 0 Å². The van der Waals surface area contributed by atoms with Gasteiger partial charge in [-0.3, -0.25) is 9.48 Å². The maximum Gasteiger partial charge on any atom is 0.222 e. The van der Waals surface area contributed by atoms with E-state index in [1.807, 2.05) is 21.8 Å². The molecule has 2 aromatic rings. The monoisotopic (exact) mass is 510 g/mol. The summed E-state index contributed by atoms with van der Waals surface area (Å²) < 4.78 is 1.93. The van der Waals surface area contributed by atoms with Crippen molar-refractivity contribution in [2.45, 2.75) is 45.8 Å². The molecule has 29 heavy (non-hydrogen) atoms. The van der Waals surface area contributed by atoms with E-state index in [1.165, 1.54) is 5.56 Å². The Labute approximate surface area is 190 Å². The highest BCUT2D eigenvalue weighted by Crippen LogP contribution is 2.15. The van der Waals surface area contributed by atoms with Crippen LogP contribution in [-0.4, -0.2) is 46.2 Å². The summed E-state index contributed by atoms with van der Waals surface area (Å²) >= 11 is 0. The van der Waals surface area contributed by atoms with Crippen LogP contribution in [0.25, 0.3) is 0 Å². The predicted octanol–water partition coefficient (Wildman–Crippen LogP) is 2.77. The topological polar surface area (TPSA) is 74.6 Å². The van der Waals surface area contributed by atoms with Crippen LogP contribution in [0.5, 0.6) is 0 Å². The van der Waals surface area contributed by atoms with Crippen molar-refractivity contribution in [3.63, 3.8) is 0 Å². The van der Waals surface area contributed by atoms with Crippen molar-refractivity contribution in [1.82, 2.24) is 25.3 Å². The summed E-state index contributed by atoms with van der Waals surface area (Å²) in [5.41, 5.74) is 2.33. The molecule has 0 aliphatic carbocycles. The number of hydrogen-bond donors (Lipinski definition) is 2. The molecule has 1 aromatic heterocycles. The lowest BCUT2D eigenvalue weighted by molar-refractivity contribution is -0.128. The van der Waals surface area contributed by atoms with Crippen molar-refractivity contribution >= 4 is 35.8 Å². The molecule has 0 radical (unpaired) electrons. The molecule has 0 atom stereocenters. The van der Waals surface area contributed by atoms with E-state index >= 15 is 0 Å². The maximum atomic E-state index is 11.7. The Morgan fingerprint density at radius 2 is 2.00 bits per heavy atom. The number of aryl methyl sites for hydroxylation is 1. The lowest BCUT2D eigenvalue weighted by Gasteiger charge is -2.15. The average molecular weight is 510 g/mol. The Hall–Kier alpha value is -2.10. The summed E-state index contributed by atoms with van der Waals surface area (Å²) in [6.45, 7) is 6.83. The van der Waals surface area contributed by atoms with E-state index in [1.54, 1.807) is 6.20 Å². The first-order valence-corrected chi connectivity index (χ1v) is 10.1. The number of likely N-dealkylation sites (tertiary alicyclic amines) is 1. The van der Waals surface area contributed by atoms with Crippen molar-refractivity contribution in [3.05, 3.63) is 53.9 Å². The quantitative estimate of drug-likeness (QED) is 0.236. The van der Waals surface area contributed by atoms with Gasteiger partial charge in [0.15, 0.2) is 5.96 Å². The number of guanidine groups is 1. The van der Waals surface area contributed by atoms with Gasteiger partial charge in [-0.2, -0.15) is 5.10 Å². The van der Waals surface area contributed by atoms with Gasteiger partial charge in [0.25, 0.3) is 0 Å². The number of aromatic nitrogens is 2. The highest BCUT2D eigenvalue weighted by Gasteiger charge is 2.19. The lowest BCUT2D eigenvalue weighted by atomic mass is 10.1. The lowest BCUT2D eigenvalue weighted by Crippen LogP contribution is -2.38. The van der Waals surface area contributed by atoms with Crippen LogP contribution in [0.15, 0.2) is 47.7 Å². The van der Waals surface area contributed by atoms with Crippen molar-refractivity contribution in [2.75, 3.05) is 19.6 Å². The minimum atomic E-state index is 0. The number of nitrogens with one attached hydrogen (secondary N) is 2. The van der Waals surface area contributed by atoms with Gasteiger partial charge in [0.2, 0.25) is 5.91 Å². The van der Waals surface area contributed by atoms with Crippen molar-refractivity contribution in [3.8, 4) is 0 Å². The van der Waals surface area contributed by atoms with Gasteiger partial charge in [-0.25, -0.2) is 4.99 Å². The molecule has 2 N–H and O–H groups in total. The normalized spacial score (nSPS) is 14.0. The molecule has 0 spiro atoms. The van der Waals surface area contributed by atoms with Crippen LogP contribution >= 0.6 is 24.0 Å². The molecule has 1 aliphatic heterocycles. The van der Waals surface area contributed by atoms with Gasteiger partial charge in [-0.15, -0.1) is 24.0 Å². The minimum absolute atomic E-state index is 0. The van der Waals surface area contributed by atoms with Crippen LogP contribution in [0.3, 0.4) is 0 Å². The molecule has 2 heterocycles. The third-order valence-corrected chi connectivity index (χ3v) is 4.75. The number of rotatable bonds is 9. The van der Waals surface area contributed by atoms with E-state index < -0.39 is 0 Å². The second-order valence-corrected chi connectivity index (χ2v) is 6.98. The van der Waals surface area contributed by atoms with Gasteiger partial charge in [0.1, 0.15) is 0 Å². The Kier molecular flexibility index (Phi) is 9.96. The SMILES string of the molecule is CCNC(=NCc1ccc(CN2CCCC2=O)cc1)NCCCn1cccn1.I. The molecule has 1 saturated heterocycles. The minimum Gasteiger partial charge on any atom is -0.357 e. The first kappa shape index (κ1) is 23.2. The third-order valence-electron chi connectivity index (χ3n) is 4.75. The second-order valence-electron chi connectivity index (χ2n) is 6.98. The molecule has 0 bridgehead atoms. The molecular formula is C21H31IN6O. The Morgan fingerprint density at radius 1 is 1.21 bits per heavy atom. The summed E-state index contributed by atoms with van der Waals surface area (Å²) in [5.74, 6) is 1.09. The molecule has 8 heteroatoms.